The predicted molar refractivity (Wildman–Crippen MR) is 79.8 cm³/mol. The molecule has 3 heterocycles. The van der Waals surface area contributed by atoms with E-state index in [1.54, 1.807) is 0 Å². The molecule has 1 aliphatic heterocycles. The molecular formula is C13H18N4O3S. The first kappa shape index (κ1) is 14.4. The summed E-state index contributed by atoms with van der Waals surface area (Å²) >= 11 is 1.36. The van der Waals surface area contributed by atoms with Crippen LogP contribution in [0.25, 0.3) is 4.96 Å². The van der Waals surface area contributed by atoms with Crippen LogP contribution in [0.15, 0.2) is 17.1 Å². The number of hydrogen-bond donors (Lipinski definition) is 1. The molecule has 0 spiro atoms. The van der Waals surface area contributed by atoms with Gasteiger partial charge in [-0.05, 0) is 25.7 Å². The fourth-order valence-corrected chi connectivity index (χ4v) is 2.94. The van der Waals surface area contributed by atoms with E-state index in [1.165, 1.54) is 34.5 Å². The SMILES string of the molecule is O=c1ccnc2sc(NCCCO[C@H]3CCCCO3)nn12. The summed E-state index contributed by atoms with van der Waals surface area (Å²) < 4.78 is 12.5. The summed E-state index contributed by atoms with van der Waals surface area (Å²) in [6, 6.07) is 1.40. The molecule has 0 saturated carbocycles. The summed E-state index contributed by atoms with van der Waals surface area (Å²) in [5.74, 6) is 0. The number of nitrogens with one attached hydrogen (secondary N) is 1. The normalized spacial score (nSPS) is 19.0. The minimum atomic E-state index is -0.165. The molecule has 3 rings (SSSR count). The highest BCUT2D eigenvalue weighted by atomic mass is 32.1. The minimum Gasteiger partial charge on any atom is -0.360 e. The van der Waals surface area contributed by atoms with E-state index in [0.717, 1.165) is 32.4 Å². The van der Waals surface area contributed by atoms with Gasteiger partial charge in [0.05, 0.1) is 6.61 Å². The van der Waals surface area contributed by atoms with Crippen molar-refractivity contribution >= 4 is 21.4 Å². The lowest BCUT2D eigenvalue weighted by atomic mass is 10.2. The molecule has 0 unspecified atom stereocenters. The molecule has 1 fully saturated rings. The lowest BCUT2D eigenvalue weighted by Crippen LogP contribution is -2.23. The molecule has 1 saturated heterocycles. The second kappa shape index (κ2) is 6.97. The Bertz CT molecular complexity index is 636. The van der Waals surface area contributed by atoms with Crippen molar-refractivity contribution in [3.63, 3.8) is 0 Å². The van der Waals surface area contributed by atoms with Gasteiger partial charge in [0.15, 0.2) is 6.29 Å². The predicted octanol–water partition coefficient (Wildman–Crippen LogP) is 1.50. The number of fused-ring (bicyclic) bond motifs is 1. The summed E-state index contributed by atoms with van der Waals surface area (Å²) in [5.41, 5.74) is -0.165. The van der Waals surface area contributed by atoms with Crippen molar-refractivity contribution in [1.82, 2.24) is 14.6 Å². The van der Waals surface area contributed by atoms with Gasteiger partial charge >= 0.3 is 0 Å². The highest BCUT2D eigenvalue weighted by Crippen LogP contribution is 2.16. The van der Waals surface area contributed by atoms with Crippen molar-refractivity contribution in [2.75, 3.05) is 25.1 Å². The second-order valence-corrected chi connectivity index (χ2v) is 5.79. The molecule has 0 aliphatic carbocycles. The summed E-state index contributed by atoms with van der Waals surface area (Å²) in [7, 11) is 0. The van der Waals surface area contributed by atoms with Gasteiger partial charge in [0, 0.05) is 25.4 Å². The quantitative estimate of drug-likeness (QED) is 0.815. The average Bonchev–Trinajstić information content (AvgIpc) is 2.92. The van der Waals surface area contributed by atoms with Crippen LogP contribution in [0, 0.1) is 0 Å². The Balaban J connectivity index is 1.42. The lowest BCUT2D eigenvalue weighted by Gasteiger charge is -2.22. The fraction of sp³-hybridized carbons (Fsp3) is 0.615. The van der Waals surface area contributed by atoms with Gasteiger partial charge in [-0.15, -0.1) is 5.10 Å². The zero-order chi connectivity index (χ0) is 14.5. The highest BCUT2D eigenvalue weighted by molar-refractivity contribution is 7.20. The Morgan fingerprint density at radius 3 is 3.29 bits per heavy atom. The Kier molecular flexibility index (Phi) is 4.79. The van der Waals surface area contributed by atoms with Crippen LogP contribution in [0.2, 0.25) is 0 Å². The molecule has 0 amide bonds. The van der Waals surface area contributed by atoms with Gasteiger partial charge in [0.2, 0.25) is 10.1 Å². The number of ether oxygens (including phenoxy) is 2. The van der Waals surface area contributed by atoms with E-state index in [9.17, 15) is 4.79 Å². The summed E-state index contributed by atoms with van der Waals surface area (Å²) in [6.45, 7) is 2.19. The molecule has 0 radical (unpaired) electrons. The largest absolute Gasteiger partial charge is 0.360 e. The van der Waals surface area contributed by atoms with Crippen LogP contribution in [-0.4, -0.2) is 40.6 Å². The molecule has 21 heavy (non-hydrogen) atoms. The van der Waals surface area contributed by atoms with E-state index in [2.05, 4.69) is 15.4 Å². The van der Waals surface area contributed by atoms with Crippen LogP contribution in [0.1, 0.15) is 25.7 Å². The first-order valence-electron chi connectivity index (χ1n) is 7.15. The Morgan fingerprint density at radius 1 is 1.52 bits per heavy atom. The van der Waals surface area contributed by atoms with E-state index in [1.807, 2.05) is 0 Å². The van der Waals surface area contributed by atoms with Gasteiger partial charge in [0.1, 0.15) is 0 Å². The maximum atomic E-state index is 11.5. The van der Waals surface area contributed by atoms with Gasteiger partial charge in [0.25, 0.3) is 5.56 Å². The van der Waals surface area contributed by atoms with E-state index >= 15 is 0 Å². The van der Waals surface area contributed by atoms with Crippen molar-refractivity contribution < 1.29 is 9.47 Å². The second-order valence-electron chi connectivity index (χ2n) is 4.83. The zero-order valence-electron chi connectivity index (χ0n) is 11.7. The molecule has 1 atom stereocenters. The Morgan fingerprint density at radius 2 is 2.48 bits per heavy atom. The molecule has 0 aromatic carbocycles. The zero-order valence-corrected chi connectivity index (χ0v) is 12.5. The summed E-state index contributed by atoms with van der Waals surface area (Å²) in [4.78, 5) is 16.2. The van der Waals surface area contributed by atoms with E-state index in [-0.39, 0.29) is 11.8 Å². The number of rotatable bonds is 6. The highest BCUT2D eigenvalue weighted by Gasteiger charge is 2.13. The molecule has 2 aromatic heterocycles. The van der Waals surface area contributed by atoms with Gasteiger partial charge in [-0.1, -0.05) is 11.3 Å². The smallest absolute Gasteiger partial charge is 0.275 e. The van der Waals surface area contributed by atoms with Crippen LogP contribution in [-0.2, 0) is 9.47 Å². The van der Waals surface area contributed by atoms with Gasteiger partial charge in [-0.2, -0.15) is 4.52 Å². The molecule has 8 heteroatoms. The van der Waals surface area contributed by atoms with Crippen molar-refractivity contribution in [3.8, 4) is 0 Å². The number of aromatic nitrogens is 3. The van der Waals surface area contributed by atoms with Crippen molar-refractivity contribution in [1.29, 1.82) is 0 Å². The number of hydrogen-bond acceptors (Lipinski definition) is 7. The van der Waals surface area contributed by atoms with Crippen molar-refractivity contribution in [2.24, 2.45) is 0 Å². The monoisotopic (exact) mass is 310 g/mol. The topological polar surface area (TPSA) is 77.8 Å². The van der Waals surface area contributed by atoms with E-state index in [0.29, 0.717) is 16.7 Å². The molecule has 7 nitrogen and oxygen atoms in total. The molecule has 114 valence electrons. The number of anilines is 1. The van der Waals surface area contributed by atoms with E-state index < -0.39 is 0 Å². The van der Waals surface area contributed by atoms with Crippen LogP contribution in [0.3, 0.4) is 0 Å². The molecule has 2 aromatic rings. The maximum absolute atomic E-state index is 11.5. The lowest BCUT2D eigenvalue weighted by molar-refractivity contribution is -0.162. The molecule has 1 N–H and O–H groups in total. The maximum Gasteiger partial charge on any atom is 0.275 e. The van der Waals surface area contributed by atoms with Crippen LogP contribution in [0.5, 0.6) is 0 Å². The number of nitrogens with zero attached hydrogens (tertiary/aromatic N) is 3. The van der Waals surface area contributed by atoms with Crippen LogP contribution in [0.4, 0.5) is 5.13 Å². The van der Waals surface area contributed by atoms with Crippen LogP contribution < -0.4 is 10.9 Å². The first-order valence-corrected chi connectivity index (χ1v) is 7.96. The summed E-state index contributed by atoms with van der Waals surface area (Å²) in [5, 5.41) is 8.06. The van der Waals surface area contributed by atoms with Gasteiger partial charge < -0.3 is 14.8 Å². The Labute approximate surface area is 125 Å². The van der Waals surface area contributed by atoms with Gasteiger partial charge in [-0.25, -0.2) is 4.98 Å². The third-order valence-electron chi connectivity index (χ3n) is 3.21. The molecular weight excluding hydrogens is 292 g/mol. The minimum absolute atomic E-state index is 0.0380. The third kappa shape index (κ3) is 3.78. The van der Waals surface area contributed by atoms with Crippen LogP contribution >= 0.6 is 11.3 Å². The fourth-order valence-electron chi connectivity index (χ4n) is 2.14. The molecule has 0 bridgehead atoms. The van der Waals surface area contributed by atoms with Crippen molar-refractivity contribution in [3.05, 3.63) is 22.6 Å². The third-order valence-corrected chi connectivity index (χ3v) is 4.09. The van der Waals surface area contributed by atoms with Gasteiger partial charge in [-0.3, -0.25) is 4.79 Å². The first-order chi connectivity index (χ1) is 10.3. The van der Waals surface area contributed by atoms with Crippen molar-refractivity contribution in [2.45, 2.75) is 32.0 Å². The standard InChI is InChI=1S/C13H18N4O3S/c18-10-5-7-15-13-17(10)16-12(21-13)14-6-3-9-20-11-4-1-2-8-19-11/h5,7,11H,1-4,6,8-9H2,(H,14,16)/t11-/m0/s1. The summed E-state index contributed by atoms with van der Waals surface area (Å²) in [6.07, 6.45) is 5.61. The van der Waals surface area contributed by atoms with E-state index in [4.69, 9.17) is 9.47 Å². The average molecular weight is 310 g/mol. The Hall–Kier alpha value is -1.51. The molecule has 1 aliphatic rings.